The number of hydrogen-bond donors (Lipinski definition) is 1. The molecule has 178 valence electrons. The van der Waals surface area contributed by atoms with Crippen LogP contribution < -0.4 is 5.32 Å². The lowest BCUT2D eigenvalue weighted by atomic mass is 9.70. The van der Waals surface area contributed by atoms with Crippen molar-refractivity contribution in [2.45, 2.75) is 5.41 Å². The summed E-state index contributed by atoms with van der Waals surface area (Å²) in [7, 11) is 0. The molecule has 2 aliphatic carbocycles. The van der Waals surface area contributed by atoms with Gasteiger partial charge in [0.15, 0.2) is 0 Å². The second kappa shape index (κ2) is 8.06. The van der Waals surface area contributed by atoms with Crippen LogP contribution in [0.1, 0.15) is 22.3 Å². The van der Waals surface area contributed by atoms with Gasteiger partial charge in [-0.05, 0) is 56.6 Å². The number of rotatable bonds is 3. The van der Waals surface area contributed by atoms with Crippen molar-refractivity contribution in [1.29, 1.82) is 0 Å². The lowest BCUT2D eigenvalue weighted by molar-refractivity contribution is 0.796. The van der Waals surface area contributed by atoms with Crippen LogP contribution in [0.25, 0.3) is 33.4 Å². The van der Waals surface area contributed by atoms with E-state index in [2.05, 4.69) is 151 Å². The summed E-state index contributed by atoms with van der Waals surface area (Å²) >= 11 is 0. The number of para-hydroxylation sites is 1. The maximum atomic E-state index is 3.92. The third kappa shape index (κ3) is 2.76. The minimum atomic E-state index is -0.371. The van der Waals surface area contributed by atoms with Gasteiger partial charge in [0.2, 0.25) is 0 Å². The molecular formula is C37H25N. The third-order valence-electron chi connectivity index (χ3n) is 8.29. The van der Waals surface area contributed by atoms with Gasteiger partial charge in [0, 0.05) is 22.5 Å². The van der Waals surface area contributed by atoms with Gasteiger partial charge < -0.3 is 5.32 Å². The molecule has 0 heterocycles. The smallest absolute Gasteiger partial charge is 0.0745 e. The highest BCUT2D eigenvalue weighted by molar-refractivity contribution is 5.98. The number of fused-ring (bicyclic) bond motifs is 10. The fourth-order valence-electron chi connectivity index (χ4n) is 6.87. The Labute approximate surface area is 223 Å². The fraction of sp³-hybridized carbons (Fsp3) is 0.0270. The quantitative estimate of drug-likeness (QED) is 0.264. The number of anilines is 2. The Morgan fingerprint density at radius 2 is 0.789 bits per heavy atom. The van der Waals surface area contributed by atoms with E-state index in [9.17, 15) is 0 Å². The first kappa shape index (κ1) is 21.2. The molecule has 0 radical (unpaired) electrons. The second-order valence-electron chi connectivity index (χ2n) is 10.2. The molecule has 6 aromatic rings. The van der Waals surface area contributed by atoms with Crippen molar-refractivity contribution in [2.24, 2.45) is 0 Å². The van der Waals surface area contributed by atoms with Gasteiger partial charge in [0.05, 0.1) is 5.41 Å². The molecule has 1 nitrogen and oxygen atoms in total. The van der Waals surface area contributed by atoms with Crippen molar-refractivity contribution in [1.82, 2.24) is 0 Å². The molecule has 0 amide bonds. The number of hydrogen-bond acceptors (Lipinski definition) is 1. The van der Waals surface area contributed by atoms with Crippen LogP contribution in [0.15, 0.2) is 146 Å². The molecule has 0 unspecified atom stereocenters. The Kier molecular flexibility index (Phi) is 4.50. The van der Waals surface area contributed by atoms with E-state index in [1.54, 1.807) is 0 Å². The van der Waals surface area contributed by atoms with Crippen LogP contribution in [0, 0.1) is 0 Å². The van der Waals surface area contributed by atoms with Crippen LogP contribution in [0.5, 0.6) is 0 Å². The van der Waals surface area contributed by atoms with Crippen molar-refractivity contribution in [2.75, 3.05) is 5.32 Å². The topological polar surface area (TPSA) is 12.0 Å². The normalized spacial score (nSPS) is 13.5. The van der Waals surface area contributed by atoms with Crippen LogP contribution in [0.3, 0.4) is 0 Å². The van der Waals surface area contributed by atoms with Gasteiger partial charge in [-0.3, -0.25) is 0 Å². The summed E-state index contributed by atoms with van der Waals surface area (Å²) in [6, 6.07) is 52.9. The van der Waals surface area contributed by atoms with Crippen molar-refractivity contribution >= 4 is 11.4 Å². The van der Waals surface area contributed by atoms with Crippen molar-refractivity contribution < 1.29 is 0 Å². The Hall–Kier alpha value is -4.88. The summed E-state index contributed by atoms with van der Waals surface area (Å²) in [5.41, 5.74) is 15.0. The summed E-state index contributed by atoms with van der Waals surface area (Å²) in [5, 5.41) is 3.92. The zero-order valence-electron chi connectivity index (χ0n) is 20.9. The van der Waals surface area contributed by atoms with Gasteiger partial charge in [0.1, 0.15) is 0 Å². The average Bonchev–Trinajstić information content (AvgIpc) is 3.46. The molecule has 8 rings (SSSR count). The van der Waals surface area contributed by atoms with Crippen molar-refractivity contribution in [3.05, 3.63) is 168 Å². The molecule has 1 heteroatoms. The summed E-state index contributed by atoms with van der Waals surface area (Å²) in [5.74, 6) is 0. The predicted octanol–water partition coefficient (Wildman–Crippen LogP) is 9.44. The van der Waals surface area contributed by atoms with Crippen molar-refractivity contribution in [3.8, 4) is 33.4 Å². The molecule has 0 saturated heterocycles. The lowest BCUT2D eigenvalue weighted by Gasteiger charge is -2.32. The average molecular weight is 484 g/mol. The fourth-order valence-corrected chi connectivity index (χ4v) is 6.87. The Balaban J connectivity index is 1.43. The zero-order valence-corrected chi connectivity index (χ0v) is 20.9. The summed E-state index contributed by atoms with van der Waals surface area (Å²) in [6.07, 6.45) is 0. The summed E-state index contributed by atoms with van der Waals surface area (Å²) in [4.78, 5) is 0. The molecule has 2 aliphatic rings. The molecule has 0 fully saturated rings. The lowest BCUT2D eigenvalue weighted by Crippen LogP contribution is -2.26. The monoisotopic (exact) mass is 483 g/mol. The number of benzene rings is 6. The highest BCUT2D eigenvalue weighted by atomic mass is 14.9. The van der Waals surface area contributed by atoms with E-state index in [0.29, 0.717) is 0 Å². The maximum absolute atomic E-state index is 3.92. The first-order valence-electron chi connectivity index (χ1n) is 13.2. The Morgan fingerprint density at radius 1 is 0.342 bits per heavy atom. The van der Waals surface area contributed by atoms with E-state index in [4.69, 9.17) is 0 Å². The zero-order chi connectivity index (χ0) is 25.1. The Morgan fingerprint density at radius 3 is 1.42 bits per heavy atom. The Bertz CT molecular complexity index is 1780. The van der Waals surface area contributed by atoms with Gasteiger partial charge in [-0.2, -0.15) is 0 Å². The highest BCUT2D eigenvalue weighted by Gasteiger charge is 2.52. The molecule has 1 spiro atoms. The molecule has 0 aromatic heterocycles. The molecule has 0 atom stereocenters. The third-order valence-corrected chi connectivity index (χ3v) is 8.29. The van der Waals surface area contributed by atoms with E-state index in [1.807, 2.05) is 0 Å². The minimum absolute atomic E-state index is 0.371. The first-order valence-corrected chi connectivity index (χ1v) is 13.2. The molecule has 38 heavy (non-hydrogen) atoms. The maximum Gasteiger partial charge on any atom is 0.0745 e. The van der Waals surface area contributed by atoms with Crippen LogP contribution in [-0.4, -0.2) is 0 Å². The molecule has 1 N–H and O–H groups in total. The van der Waals surface area contributed by atoms with Crippen LogP contribution in [-0.2, 0) is 5.41 Å². The van der Waals surface area contributed by atoms with Crippen LogP contribution >= 0.6 is 0 Å². The van der Waals surface area contributed by atoms with Gasteiger partial charge in [-0.25, -0.2) is 0 Å². The molecule has 0 bridgehead atoms. The van der Waals surface area contributed by atoms with Gasteiger partial charge >= 0.3 is 0 Å². The van der Waals surface area contributed by atoms with Crippen LogP contribution in [0.2, 0.25) is 0 Å². The second-order valence-corrected chi connectivity index (χ2v) is 10.2. The van der Waals surface area contributed by atoms with Gasteiger partial charge in [-0.1, -0.05) is 133 Å². The number of nitrogens with one attached hydrogen (secondary N) is 1. The summed E-state index contributed by atoms with van der Waals surface area (Å²) < 4.78 is 0. The van der Waals surface area contributed by atoms with E-state index < -0.39 is 0 Å². The van der Waals surface area contributed by atoms with E-state index in [0.717, 1.165) is 11.4 Å². The van der Waals surface area contributed by atoms with Crippen molar-refractivity contribution in [3.63, 3.8) is 0 Å². The predicted molar refractivity (Wildman–Crippen MR) is 158 cm³/mol. The SMILES string of the molecule is c1ccc(-c2ccccc2Nc2cccc3c2C2(c4ccccc4-c4ccccc42)c2ccccc2-3)cc1. The minimum Gasteiger partial charge on any atom is -0.355 e. The van der Waals surface area contributed by atoms with Crippen LogP contribution in [0.4, 0.5) is 11.4 Å². The summed E-state index contributed by atoms with van der Waals surface area (Å²) in [6.45, 7) is 0. The van der Waals surface area contributed by atoms with Gasteiger partial charge in [-0.15, -0.1) is 0 Å². The van der Waals surface area contributed by atoms with Gasteiger partial charge in [0.25, 0.3) is 0 Å². The standard InChI is InChI=1S/C37H25N/c1-2-13-25(14-3-1)26-15-7-11-23-34(26)38-35-24-12-19-30-29-18-6-10-22-33(29)37(36(30)35)31-20-8-4-16-27(31)28-17-5-9-21-32(28)37/h1-24,38H. The van der Waals surface area contributed by atoms with E-state index in [1.165, 1.54) is 55.6 Å². The molecular weight excluding hydrogens is 458 g/mol. The van der Waals surface area contributed by atoms with E-state index >= 15 is 0 Å². The largest absolute Gasteiger partial charge is 0.355 e. The molecule has 6 aromatic carbocycles. The van der Waals surface area contributed by atoms with E-state index in [-0.39, 0.29) is 5.41 Å². The highest BCUT2D eigenvalue weighted by Crippen LogP contribution is 2.64. The first-order chi connectivity index (χ1) is 18.9. The molecule has 0 aliphatic heterocycles. The molecule has 0 saturated carbocycles.